The minimum atomic E-state index is -0.752. The first-order valence-corrected chi connectivity index (χ1v) is 5.71. The van der Waals surface area contributed by atoms with Crippen LogP contribution in [0.1, 0.15) is 24.5 Å². The highest BCUT2D eigenvalue weighted by Crippen LogP contribution is 2.21. The fraction of sp³-hybridized carbons (Fsp3) is 0.462. The summed E-state index contributed by atoms with van der Waals surface area (Å²) in [6.45, 7) is 2.27. The first-order valence-electron chi connectivity index (χ1n) is 5.71. The van der Waals surface area contributed by atoms with Gasteiger partial charge in [-0.3, -0.25) is 4.79 Å². The van der Waals surface area contributed by atoms with Crippen LogP contribution in [0.2, 0.25) is 0 Å². The molecule has 0 spiro atoms. The number of carboxylic acid groups (broad SMARTS) is 1. The zero-order chi connectivity index (χ0) is 12.8. The van der Waals surface area contributed by atoms with Crippen LogP contribution in [0.3, 0.4) is 0 Å². The molecule has 1 aromatic carbocycles. The molecule has 17 heavy (non-hydrogen) atoms. The number of carbonyl (C=O) groups is 1. The predicted octanol–water partition coefficient (Wildman–Crippen LogP) is 1.81. The Morgan fingerprint density at radius 3 is 2.71 bits per heavy atom. The van der Waals surface area contributed by atoms with Crippen molar-refractivity contribution in [3.63, 3.8) is 0 Å². The number of ether oxygens (including phenoxy) is 1. The summed E-state index contributed by atoms with van der Waals surface area (Å²) in [5.74, 6) is -0.341. The molecule has 0 amide bonds. The Kier molecular flexibility index (Phi) is 4.97. The van der Waals surface area contributed by atoms with E-state index in [1.54, 1.807) is 7.11 Å². The molecule has 94 valence electrons. The van der Waals surface area contributed by atoms with Crippen molar-refractivity contribution in [1.82, 2.24) is 0 Å². The van der Waals surface area contributed by atoms with Crippen LogP contribution in [0.15, 0.2) is 18.2 Å². The Morgan fingerprint density at radius 1 is 1.53 bits per heavy atom. The lowest BCUT2D eigenvalue weighted by Crippen LogP contribution is -2.15. The average molecular weight is 237 g/mol. The largest absolute Gasteiger partial charge is 0.496 e. The van der Waals surface area contributed by atoms with Gasteiger partial charge >= 0.3 is 5.97 Å². The normalized spacial score (nSPS) is 12.2. The lowest BCUT2D eigenvalue weighted by molar-refractivity contribution is -0.141. The predicted molar refractivity (Wildman–Crippen MR) is 66.0 cm³/mol. The summed E-state index contributed by atoms with van der Waals surface area (Å²) in [7, 11) is 1.60. The molecule has 3 N–H and O–H groups in total. The fourth-order valence-corrected chi connectivity index (χ4v) is 1.81. The number of rotatable bonds is 6. The summed E-state index contributed by atoms with van der Waals surface area (Å²) in [5, 5.41) is 9.01. The summed E-state index contributed by atoms with van der Waals surface area (Å²) >= 11 is 0. The second-order valence-electron chi connectivity index (χ2n) is 4.00. The molecular weight excluding hydrogens is 218 g/mol. The zero-order valence-electron chi connectivity index (χ0n) is 10.3. The highest BCUT2D eigenvalue weighted by atomic mass is 16.5. The first-order chi connectivity index (χ1) is 8.12. The molecule has 0 saturated heterocycles. The third-order valence-corrected chi connectivity index (χ3v) is 2.89. The summed E-state index contributed by atoms with van der Waals surface area (Å²) < 4.78 is 5.17. The topological polar surface area (TPSA) is 72.5 Å². The van der Waals surface area contributed by atoms with Crippen molar-refractivity contribution in [3.8, 4) is 5.75 Å². The maximum Gasteiger partial charge on any atom is 0.306 e. The van der Waals surface area contributed by atoms with Crippen LogP contribution in [-0.4, -0.2) is 18.2 Å². The molecule has 1 rings (SSSR count). The molecule has 0 aliphatic rings. The lowest BCUT2D eigenvalue weighted by atomic mass is 9.96. The third-order valence-electron chi connectivity index (χ3n) is 2.89. The zero-order valence-corrected chi connectivity index (χ0v) is 10.3. The van der Waals surface area contributed by atoms with Gasteiger partial charge in [0.25, 0.3) is 0 Å². The molecule has 0 radical (unpaired) electrons. The van der Waals surface area contributed by atoms with Crippen molar-refractivity contribution in [2.75, 3.05) is 7.11 Å². The number of methoxy groups -OCH3 is 1. The summed E-state index contributed by atoms with van der Waals surface area (Å²) in [6.07, 6.45) is 1.15. The van der Waals surface area contributed by atoms with Crippen molar-refractivity contribution >= 4 is 5.97 Å². The number of hydrogen-bond donors (Lipinski definition) is 2. The third kappa shape index (κ3) is 3.46. The van der Waals surface area contributed by atoms with Gasteiger partial charge in [0.15, 0.2) is 0 Å². The van der Waals surface area contributed by atoms with Gasteiger partial charge in [-0.15, -0.1) is 0 Å². The van der Waals surface area contributed by atoms with Crippen LogP contribution in [-0.2, 0) is 17.8 Å². The Hall–Kier alpha value is -1.55. The summed E-state index contributed by atoms with van der Waals surface area (Å²) in [4.78, 5) is 11.0. The van der Waals surface area contributed by atoms with Gasteiger partial charge in [0, 0.05) is 12.1 Å². The number of benzene rings is 1. The molecule has 0 aromatic heterocycles. The van der Waals surface area contributed by atoms with E-state index in [4.69, 9.17) is 15.6 Å². The maximum atomic E-state index is 11.0. The molecule has 4 nitrogen and oxygen atoms in total. The van der Waals surface area contributed by atoms with Crippen molar-refractivity contribution in [3.05, 3.63) is 29.3 Å². The van der Waals surface area contributed by atoms with Gasteiger partial charge in [0.05, 0.1) is 13.0 Å². The molecule has 0 bridgehead atoms. The number of hydrogen-bond acceptors (Lipinski definition) is 3. The van der Waals surface area contributed by atoms with Gasteiger partial charge in [0.2, 0.25) is 0 Å². The highest BCUT2D eigenvalue weighted by Gasteiger charge is 2.16. The first kappa shape index (κ1) is 13.5. The van der Waals surface area contributed by atoms with Gasteiger partial charge in [-0.2, -0.15) is 0 Å². The van der Waals surface area contributed by atoms with Crippen molar-refractivity contribution in [2.24, 2.45) is 11.7 Å². The van der Waals surface area contributed by atoms with Gasteiger partial charge in [-0.1, -0.05) is 19.1 Å². The monoisotopic (exact) mass is 237 g/mol. The summed E-state index contributed by atoms with van der Waals surface area (Å²) in [5.41, 5.74) is 7.52. The lowest BCUT2D eigenvalue weighted by Gasteiger charge is -2.12. The van der Waals surface area contributed by atoms with Crippen LogP contribution in [0.25, 0.3) is 0 Å². The molecule has 0 aliphatic carbocycles. The van der Waals surface area contributed by atoms with E-state index in [9.17, 15) is 4.79 Å². The minimum Gasteiger partial charge on any atom is -0.496 e. The second kappa shape index (κ2) is 6.25. The van der Waals surface area contributed by atoms with E-state index < -0.39 is 5.97 Å². The van der Waals surface area contributed by atoms with Crippen LogP contribution in [0, 0.1) is 5.92 Å². The van der Waals surface area contributed by atoms with Crippen molar-refractivity contribution < 1.29 is 14.6 Å². The molecule has 0 aliphatic heterocycles. The van der Waals surface area contributed by atoms with Crippen LogP contribution >= 0.6 is 0 Å². The Morgan fingerprint density at radius 2 is 2.24 bits per heavy atom. The molecule has 0 saturated carbocycles. The summed E-state index contributed by atoms with van der Waals surface area (Å²) in [6, 6.07) is 5.65. The van der Waals surface area contributed by atoms with Crippen LogP contribution in [0.4, 0.5) is 0 Å². The van der Waals surface area contributed by atoms with E-state index in [0.717, 1.165) is 16.9 Å². The minimum absolute atomic E-state index is 0.339. The van der Waals surface area contributed by atoms with Gasteiger partial charge in [-0.05, 0) is 24.5 Å². The van der Waals surface area contributed by atoms with Gasteiger partial charge in [-0.25, -0.2) is 0 Å². The van der Waals surface area contributed by atoms with Gasteiger partial charge in [0.1, 0.15) is 5.75 Å². The van der Waals surface area contributed by atoms with Crippen LogP contribution < -0.4 is 10.5 Å². The molecule has 0 fully saturated rings. The molecule has 1 aromatic rings. The van der Waals surface area contributed by atoms with E-state index in [0.29, 0.717) is 19.4 Å². The van der Waals surface area contributed by atoms with Gasteiger partial charge < -0.3 is 15.6 Å². The van der Waals surface area contributed by atoms with Crippen molar-refractivity contribution in [1.29, 1.82) is 0 Å². The molecule has 1 atom stereocenters. The van der Waals surface area contributed by atoms with Crippen LogP contribution in [0.5, 0.6) is 5.75 Å². The van der Waals surface area contributed by atoms with E-state index in [1.165, 1.54) is 0 Å². The fourth-order valence-electron chi connectivity index (χ4n) is 1.81. The Bertz CT molecular complexity index is 390. The standard InChI is InChI=1S/C13H19NO3/c1-3-10(13(15)16)6-9-4-5-12(17-2)11(7-9)8-14/h4-5,7,10H,3,6,8,14H2,1-2H3,(H,15,16). The number of nitrogens with two attached hydrogens (primary N) is 1. The molecule has 0 heterocycles. The van der Waals surface area contributed by atoms with Crippen molar-refractivity contribution in [2.45, 2.75) is 26.3 Å². The van der Waals surface area contributed by atoms with E-state index in [2.05, 4.69) is 0 Å². The van der Waals surface area contributed by atoms with E-state index >= 15 is 0 Å². The molecular formula is C13H19NO3. The number of aliphatic carboxylic acids is 1. The smallest absolute Gasteiger partial charge is 0.306 e. The Labute approximate surface area is 101 Å². The molecule has 4 heteroatoms. The average Bonchev–Trinajstić information content (AvgIpc) is 2.35. The molecule has 1 unspecified atom stereocenters. The van der Waals surface area contributed by atoms with E-state index in [1.807, 2.05) is 25.1 Å². The Balaban J connectivity index is 2.88. The highest BCUT2D eigenvalue weighted by molar-refractivity contribution is 5.70. The van der Waals surface area contributed by atoms with E-state index in [-0.39, 0.29) is 5.92 Å². The maximum absolute atomic E-state index is 11.0. The number of carboxylic acids is 1. The second-order valence-corrected chi connectivity index (χ2v) is 4.00. The SMILES string of the molecule is CCC(Cc1ccc(OC)c(CN)c1)C(=O)O. The quantitative estimate of drug-likeness (QED) is 0.791.